The van der Waals surface area contributed by atoms with Gasteiger partial charge in [0, 0.05) is 17.8 Å². The molecule has 1 amide bonds. The van der Waals surface area contributed by atoms with E-state index in [-0.39, 0.29) is 18.1 Å². The van der Waals surface area contributed by atoms with E-state index < -0.39 is 6.04 Å². The number of ether oxygens (including phenoxy) is 1. The third-order valence-corrected chi connectivity index (χ3v) is 9.27. The second kappa shape index (κ2) is 15.3. The monoisotopic (exact) mass is 591 g/mol. The van der Waals surface area contributed by atoms with E-state index in [4.69, 9.17) is 4.74 Å². The zero-order valence-electron chi connectivity index (χ0n) is 24.2. The third-order valence-electron chi connectivity index (χ3n) is 7.43. The lowest BCUT2D eigenvalue weighted by Crippen LogP contribution is -2.49. The molecule has 6 nitrogen and oxygen atoms in total. The molecule has 1 aliphatic heterocycles. The molecular formula is C33H41N3O3S2. The first kappa shape index (κ1) is 31.0. The molecule has 4 rings (SSSR count). The van der Waals surface area contributed by atoms with Crippen LogP contribution in [0.1, 0.15) is 64.0 Å². The van der Waals surface area contributed by atoms with Crippen molar-refractivity contribution in [3.8, 4) is 5.75 Å². The zero-order valence-corrected chi connectivity index (χ0v) is 25.9. The summed E-state index contributed by atoms with van der Waals surface area (Å²) in [6, 6.07) is 23.3. The molecule has 1 atom stereocenters. The Morgan fingerprint density at radius 3 is 2.34 bits per heavy atom. The van der Waals surface area contributed by atoms with Gasteiger partial charge >= 0.3 is 0 Å². The Morgan fingerprint density at radius 2 is 1.73 bits per heavy atom. The molecule has 1 unspecified atom stereocenters. The third kappa shape index (κ3) is 8.09. The van der Waals surface area contributed by atoms with Gasteiger partial charge in [-0.15, -0.1) is 11.8 Å². The summed E-state index contributed by atoms with van der Waals surface area (Å²) in [4.78, 5) is 28.9. The first-order valence-electron chi connectivity index (χ1n) is 14.4. The minimum atomic E-state index is -0.710. The van der Waals surface area contributed by atoms with Gasteiger partial charge in [0.05, 0.1) is 15.5 Å². The Morgan fingerprint density at radius 1 is 1.07 bits per heavy atom. The summed E-state index contributed by atoms with van der Waals surface area (Å²) in [5.74, 6) is 0.313. The number of thioether (sulfide) groups is 1. The van der Waals surface area contributed by atoms with Crippen LogP contribution in [-0.4, -0.2) is 37.1 Å². The Balaban J connectivity index is 1.61. The van der Waals surface area contributed by atoms with Gasteiger partial charge in [0.25, 0.3) is 5.91 Å². The fraction of sp³-hybridized carbons (Fsp3) is 0.394. The van der Waals surface area contributed by atoms with Gasteiger partial charge < -0.3 is 19.7 Å². The van der Waals surface area contributed by atoms with Crippen LogP contribution in [0.4, 0.5) is 11.4 Å². The maximum atomic E-state index is 12.8. The Kier molecular flexibility index (Phi) is 11.6. The van der Waals surface area contributed by atoms with E-state index in [2.05, 4.69) is 65.2 Å². The van der Waals surface area contributed by atoms with Crippen molar-refractivity contribution >= 4 is 47.3 Å². The SMILES string of the molecule is CCCCC1(CCCC)CN(c2ccccc2)c2cc(SC)c(OCC(=O)NC(C=O)c3ccccc3)cc2SN1. The van der Waals surface area contributed by atoms with E-state index >= 15 is 0 Å². The number of carbonyl (C=O) groups excluding carboxylic acids is 2. The highest BCUT2D eigenvalue weighted by Gasteiger charge is 2.36. The number of hydrogen-bond acceptors (Lipinski definition) is 7. The van der Waals surface area contributed by atoms with Crippen LogP contribution in [-0.2, 0) is 9.59 Å². The lowest BCUT2D eigenvalue weighted by atomic mass is 9.87. The van der Waals surface area contributed by atoms with Gasteiger partial charge in [0.2, 0.25) is 0 Å². The highest BCUT2D eigenvalue weighted by Crippen LogP contribution is 2.45. The number of nitrogens with one attached hydrogen (secondary N) is 2. The van der Waals surface area contributed by atoms with Gasteiger partial charge in [0.15, 0.2) is 6.61 Å². The maximum absolute atomic E-state index is 12.8. The van der Waals surface area contributed by atoms with Crippen molar-refractivity contribution in [3.63, 3.8) is 0 Å². The number of fused-ring (bicyclic) bond motifs is 1. The summed E-state index contributed by atoms with van der Waals surface area (Å²) in [6.45, 7) is 5.20. The highest BCUT2D eigenvalue weighted by molar-refractivity contribution is 7.98. The number of benzene rings is 3. The van der Waals surface area contributed by atoms with Crippen LogP contribution >= 0.6 is 23.7 Å². The molecular weight excluding hydrogens is 551 g/mol. The number of unbranched alkanes of at least 4 members (excludes halogenated alkanes) is 2. The van der Waals surface area contributed by atoms with Crippen LogP contribution in [0.15, 0.2) is 82.6 Å². The standard InChI is InChI=1S/C33H41N3O3S2/c1-4-6-18-33(19-7-5-2)24-36(26-16-12-9-13-17-26)28-20-31(40-3)29(21-30(28)41-35-33)39-23-32(38)34-27(22-37)25-14-10-8-11-15-25/h8-17,20-22,27,35H,4-7,18-19,23-24H2,1-3H3,(H,34,38). The number of para-hydroxylation sites is 1. The molecule has 8 heteroatoms. The van der Waals surface area contributed by atoms with Gasteiger partial charge in [-0.1, -0.05) is 88.1 Å². The number of anilines is 2. The molecule has 0 fully saturated rings. The predicted octanol–water partition coefficient (Wildman–Crippen LogP) is 7.71. The van der Waals surface area contributed by atoms with E-state index in [0.29, 0.717) is 5.75 Å². The van der Waals surface area contributed by atoms with Crippen molar-refractivity contribution in [2.24, 2.45) is 0 Å². The zero-order chi connectivity index (χ0) is 29.1. The molecule has 3 aromatic carbocycles. The predicted molar refractivity (Wildman–Crippen MR) is 171 cm³/mol. The average Bonchev–Trinajstić information content (AvgIpc) is 3.18. The molecule has 0 spiro atoms. The van der Waals surface area contributed by atoms with E-state index in [1.165, 1.54) is 12.8 Å². The quantitative estimate of drug-likeness (QED) is 0.113. The van der Waals surface area contributed by atoms with Crippen LogP contribution in [0, 0.1) is 0 Å². The van der Waals surface area contributed by atoms with Crippen molar-refractivity contribution in [1.82, 2.24) is 10.0 Å². The summed E-state index contributed by atoms with van der Waals surface area (Å²) in [6.07, 6.45) is 9.62. The molecule has 1 heterocycles. The van der Waals surface area contributed by atoms with Gasteiger partial charge in [-0.05, 0) is 60.9 Å². The van der Waals surface area contributed by atoms with Gasteiger partial charge in [-0.3, -0.25) is 9.52 Å². The minimum absolute atomic E-state index is 0.0345. The second-order valence-corrected chi connectivity index (χ2v) is 12.2. The minimum Gasteiger partial charge on any atom is -0.483 e. The van der Waals surface area contributed by atoms with Crippen LogP contribution < -0.4 is 19.7 Å². The molecule has 0 aliphatic carbocycles. The molecule has 2 N–H and O–H groups in total. The lowest BCUT2D eigenvalue weighted by molar-refractivity contribution is -0.125. The lowest BCUT2D eigenvalue weighted by Gasteiger charge is -2.38. The largest absolute Gasteiger partial charge is 0.483 e. The first-order valence-corrected chi connectivity index (χ1v) is 16.5. The van der Waals surface area contributed by atoms with Crippen molar-refractivity contribution in [2.75, 3.05) is 24.3 Å². The second-order valence-electron chi connectivity index (χ2n) is 10.5. The Labute approximate surface area is 253 Å². The molecule has 3 aromatic rings. The normalized spacial score (nSPS) is 15.0. The Hall–Kier alpha value is -2.94. The van der Waals surface area contributed by atoms with Gasteiger partial charge in [-0.2, -0.15) is 0 Å². The molecule has 0 saturated carbocycles. The smallest absolute Gasteiger partial charge is 0.258 e. The fourth-order valence-electron chi connectivity index (χ4n) is 5.15. The number of amides is 1. The van der Waals surface area contributed by atoms with Crippen LogP contribution in [0.5, 0.6) is 5.75 Å². The van der Waals surface area contributed by atoms with E-state index in [0.717, 1.165) is 65.2 Å². The number of hydrogen-bond donors (Lipinski definition) is 2. The van der Waals surface area contributed by atoms with Crippen molar-refractivity contribution in [2.45, 2.75) is 73.7 Å². The summed E-state index contributed by atoms with van der Waals surface area (Å²) in [7, 11) is 0. The van der Waals surface area contributed by atoms with E-state index in [1.54, 1.807) is 23.7 Å². The van der Waals surface area contributed by atoms with Crippen molar-refractivity contribution < 1.29 is 14.3 Å². The number of carbonyl (C=O) groups is 2. The summed E-state index contributed by atoms with van der Waals surface area (Å²) in [5.41, 5.74) is 3.00. The van der Waals surface area contributed by atoms with Crippen molar-refractivity contribution in [3.05, 3.63) is 78.4 Å². The Bertz CT molecular complexity index is 1270. The van der Waals surface area contributed by atoms with Gasteiger partial charge in [-0.25, -0.2) is 0 Å². The summed E-state index contributed by atoms with van der Waals surface area (Å²) >= 11 is 3.26. The number of nitrogens with zero attached hydrogens (tertiary/aromatic N) is 1. The van der Waals surface area contributed by atoms with E-state index in [9.17, 15) is 9.59 Å². The molecule has 0 radical (unpaired) electrons. The maximum Gasteiger partial charge on any atom is 0.258 e. The number of aldehydes is 1. The topological polar surface area (TPSA) is 70.7 Å². The van der Waals surface area contributed by atoms with Crippen LogP contribution in [0.3, 0.4) is 0 Å². The molecule has 1 aliphatic rings. The fourth-order valence-corrected chi connectivity index (χ4v) is 6.73. The summed E-state index contributed by atoms with van der Waals surface area (Å²) in [5, 5.41) is 2.78. The highest BCUT2D eigenvalue weighted by atomic mass is 32.2. The molecule has 0 saturated heterocycles. The average molecular weight is 592 g/mol. The van der Waals surface area contributed by atoms with Crippen molar-refractivity contribution in [1.29, 1.82) is 0 Å². The summed E-state index contributed by atoms with van der Waals surface area (Å²) < 4.78 is 9.99. The van der Waals surface area contributed by atoms with Crippen LogP contribution in [0.2, 0.25) is 0 Å². The van der Waals surface area contributed by atoms with Gasteiger partial charge in [0.1, 0.15) is 18.1 Å². The van der Waals surface area contributed by atoms with Crippen LogP contribution in [0.25, 0.3) is 0 Å². The molecule has 218 valence electrons. The molecule has 41 heavy (non-hydrogen) atoms. The molecule has 0 aromatic heterocycles. The number of rotatable bonds is 14. The van der Waals surface area contributed by atoms with E-state index in [1.807, 2.05) is 42.7 Å². The molecule has 0 bridgehead atoms. The first-order chi connectivity index (χ1) is 20.0.